The van der Waals surface area contributed by atoms with Crippen molar-refractivity contribution < 1.29 is 4.79 Å². The molecule has 3 heterocycles. The Morgan fingerprint density at radius 2 is 2.23 bits per heavy atom. The van der Waals surface area contributed by atoms with E-state index in [1.165, 1.54) is 11.3 Å². The van der Waals surface area contributed by atoms with Gasteiger partial charge >= 0.3 is 0 Å². The molecule has 0 saturated carbocycles. The fraction of sp³-hybridized carbons (Fsp3) is 0.333. The molecule has 1 aromatic carbocycles. The molecule has 0 aliphatic carbocycles. The monoisotopic (exact) mass is 366 g/mol. The molecule has 26 heavy (non-hydrogen) atoms. The van der Waals surface area contributed by atoms with Gasteiger partial charge in [0.2, 0.25) is 5.91 Å². The Morgan fingerprint density at radius 1 is 1.35 bits per heavy atom. The van der Waals surface area contributed by atoms with Gasteiger partial charge in [0.05, 0.1) is 15.9 Å². The summed E-state index contributed by atoms with van der Waals surface area (Å²) < 4.78 is 2.97. The molecular weight excluding hydrogens is 348 g/mol. The Hall–Kier alpha value is -2.76. The first-order valence-electron chi connectivity index (χ1n) is 8.56. The van der Waals surface area contributed by atoms with Gasteiger partial charge in [0.25, 0.3) is 0 Å². The number of hydrogen-bond donors (Lipinski definition) is 1. The molecule has 3 aromatic rings. The van der Waals surface area contributed by atoms with Crippen LogP contribution in [0.3, 0.4) is 0 Å². The van der Waals surface area contributed by atoms with Crippen LogP contribution in [0.1, 0.15) is 24.2 Å². The summed E-state index contributed by atoms with van der Waals surface area (Å²) >= 11 is 1.49. The van der Waals surface area contributed by atoms with E-state index >= 15 is 0 Å². The predicted octanol–water partition coefficient (Wildman–Crippen LogP) is 2.60. The van der Waals surface area contributed by atoms with Crippen LogP contribution >= 0.6 is 11.3 Å². The summed E-state index contributed by atoms with van der Waals surface area (Å²) in [5.74, 6) is -0.0282. The molecule has 7 nitrogen and oxygen atoms in total. The highest BCUT2D eigenvalue weighted by Gasteiger charge is 2.17. The van der Waals surface area contributed by atoms with Crippen LogP contribution in [0.25, 0.3) is 10.2 Å². The lowest BCUT2D eigenvalue weighted by atomic mass is 10.3. The standard InChI is InChI=1S/C18H18N6OS/c19-11-13-10-14-12-23(7-3-8-24(14)22-13)9-6-17(25)21-18-20-15-4-1-2-5-16(15)26-18/h1-2,4-5,10H,3,6-9,12H2,(H,20,21,25). The highest BCUT2D eigenvalue weighted by atomic mass is 32.1. The number of nitriles is 1. The molecule has 132 valence electrons. The van der Waals surface area contributed by atoms with Crippen LogP contribution in [-0.4, -0.2) is 38.7 Å². The number of aromatic nitrogens is 3. The summed E-state index contributed by atoms with van der Waals surface area (Å²) in [5, 5.41) is 16.8. The van der Waals surface area contributed by atoms with E-state index in [2.05, 4.69) is 26.4 Å². The van der Waals surface area contributed by atoms with Gasteiger partial charge in [-0.05, 0) is 24.6 Å². The Labute approximate surface area is 154 Å². The predicted molar refractivity (Wildman–Crippen MR) is 99.7 cm³/mol. The fourth-order valence-corrected chi connectivity index (χ4v) is 4.02. The van der Waals surface area contributed by atoms with Gasteiger partial charge in [0, 0.05) is 32.6 Å². The second kappa shape index (κ2) is 7.23. The van der Waals surface area contributed by atoms with Gasteiger partial charge in [-0.1, -0.05) is 23.5 Å². The van der Waals surface area contributed by atoms with Crippen LogP contribution in [0.4, 0.5) is 5.13 Å². The van der Waals surface area contributed by atoms with Gasteiger partial charge in [-0.2, -0.15) is 10.4 Å². The molecule has 0 unspecified atom stereocenters. The van der Waals surface area contributed by atoms with Gasteiger partial charge < -0.3 is 5.32 Å². The second-order valence-electron chi connectivity index (χ2n) is 6.27. The maximum Gasteiger partial charge on any atom is 0.227 e. The van der Waals surface area contributed by atoms with E-state index in [0.717, 1.165) is 35.4 Å². The van der Waals surface area contributed by atoms with Crippen molar-refractivity contribution in [2.45, 2.75) is 25.9 Å². The number of benzene rings is 1. The molecule has 1 N–H and O–H groups in total. The molecule has 1 aliphatic heterocycles. The summed E-state index contributed by atoms with van der Waals surface area (Å²) in [6.45, 7) is 3.11. The SMILES string of the molecule is N#Cc1cc2n(n1)CCCN(CCC(=O)Nc1nc3ccccc3s1)C2. The molecule has 0 bridgehead atoms. The third kappa shape index (κ3) is 3.59. The van der Waals surface area contributed by atoms with Crippen LogP contribution in [0.2, 0.25) is 0 Å². The molecule has 0 saturated heterocycles. The molecule has 8 heteroatoms. The minimum Gasteiger partial charge on any atom is -0.302 e. The van der Waals surface area contributed by atoms with Gasteiger partial charge in [-0.25, -0.2) is 4.98 Å². The number of nitrogens with zero attached hydrogens (tertiary/aromatic N) is 5. The van der Waals surface area contributed by atoms with Crippen molar-refractivity contribution in [3.8, 4) is 6.07 Å². The number of nitrogens with one attached hydrogen (secondary N) is 1. The zero-order valence-electron chi connectivity index (χ0n) is 14.2. The largest absolute Gasteiger partial charge is 0.302 e. The smallest absolute Gasteiger partial charge is 0.227 e. The van der Waals surface area contributed by atoms with Gasteiger partial charge in [-0.3, -0.25) is 14.4 Å². The molecule has 1 amide bonds. The molecule has 4 rings (SSSR count). The van der Waals surface area contributed by atoms with Gasteiger partial charge in [0.15, 0.2) is 10.8 Å². The quantitative estimate of drug-likeness (QED) is 0.767. The highest BCUT2D eigenvalue weighted by molar-refractivity contribution is 7.22. The van der Waals surface area contributed by atoms with Crippen molar-refractivity contribution in [1.29, 1.82) is 5.26 Å². The molecule has 1 aliphatic rings. The Bertz CT molecular complexity index is 952. The maximum atomic E-state index is 12.3. The molecule has 0 spiro atoms. The van der Waals surface area contributed by atoms with Gasteiger partial charge in [-0.15, -0.1) is 0 Å². The zero-order valence-corrected chi connectivity index (χ0v) is 15.0. The molecule has 2 aromatic heterocycles. The fourth-order valence-electron chi connectivity index (χ4n) is 3.14. The zero-order chi connectivity index (χ0) is 17.9. The molecule has 0 radical (unpaired) electrons. The number of fused-ring (bicyclic) bond motifs is 2. The van der Waals surface area contributed by atoms with Crippen molar-refractivity contribution >= 4 is 32.6 Å². The van der Waals surface area contributed by atoms with Crippen molar-refractivity contribution in [3.05, 3.63) is 41.7 Å². The first-order valence-corrected chi connectivity index (χ1v) is 9.37. The average Bonchev–Trinajstić information content (AvgIpc) is 3.17. The summed E-state index contributed by atoms with van der Waals surface area (Å²) in [6.07, 6.45) is 1.37. The highest BCUT2D eigenvalue weighted by Crippen LogP contribution is 2.25. The van der Waals surface area contributed by atoms with Crippen molar-refractivity contribution in [2.24, 2.45) is 0 Å². The normalized spacial score (nSPS) is 14.6. The van der Waals surface area contributed by atoms with Crippen LogP contribution in [0, 0.1) is 11.3 Å². The van der Waals surface area contributed by atoms with Crippen LogP contribution in [0.5, 0.6) is 0 Å². The summed E-state index contributed by atoms with van der Waals surface area (Å²) in [4.78, 5) is 19.0. The third-order valence-corrected chi connectivity index (χ3v) is 5.35. The maximum absolute atomic E-state index is 12.3. The van der Waals surface area contributed by atoms with E-state index in [1.807, 2.05) is 35.0 Å². The van der Waals surface area contributed by atoms with Crippen LogP contribution < -0.4 is 5.32 Å². The number of carbonyl (C=O) groups excluding carboxylic acids is 1. The van der Waals surface area contributed by atoms with Crippen molar-refractivity contribution in [3.63, 3.8) is 0 Å². The lowest BCUT2D eigenvalue weighted by Crippen LogP contribution is -2.27. The first-order chi connectivity index (χ1) is 12.7. The number of aryl methyl sites for hydroxylation is 1. The number of rotatable bonds is 4. The first kappa shape index (κ1) is 16.7. The van der Waals surface area contributed by atoms with Crippen molar-refractivity contribution in [2.75, 3.05) is 18.4 Å². The molecule has 0 atom stereocenters. The van der Waals surface area contributed by atoms with Gasteiger partial charge in [0.1, 0.15) is 6.07 Å². The number of amides is 1. The number of para-hydroxylation sites is 1. The Kier molecular flexibility index (Phi) is 4.65. The van der Waals surface area contributed by atoms with E-state index in [4.69, 9.17) is 5.26 Å². The molecular formula is C18H18N6OS. The van der Waals surface area contributed by atoms with Crippen molar-refractivity contribution in [1.82, 2.24) is 19.7 Å². The number of anilines is 1. The summed E-state index contributed by atoms with van der Waals surface area (Å²) in [5.41, 5.74) is 2.39. The average molecular weight is 366 g/mol. The topological polar surface area (TPSA) is 86.8 Å². The van der Waals surface area contributed by atoms with E-state index in [-0.39, 0.29) is 5.91 Å². The number of hydrogen-bond acceptors (Lipinski definition) is 6. The van der Waals surface area contributed by atoms with Crippen LogP contribution in [-0.2, 0) is 17.9 Å². The van der Waals surface area contributed by atoms with E-state index < -0.39 is 0 Å². The lowest BCUT2D eigenvalue weighted by Gasteiger charge is -2.18. The summed E-state index contributed by atoms with van der Waals surface area (Å²) in [6, 6.07) is 11.8. The van der Waals surface area contributed by atoms with E-state index in [0.29, 0.717) is 30.3 Å². The minimum atomic E-state index is -0.0282. The summed E-state index contributed by atoms with van der Waals surface area (Å²) in [7, 11) is 0. The van der Waals surface area contributed by atoms with E-state index in [9.17, 15) is 4.79 Å². The lowest BCUT2D eigenvalue weighted by molar-refractivity contribution is -0.116. The minimum absolute atomic E-state index is 0.0282. The number of thiazole rings is 1. The molecule has 0 fully saturated rings. The number of carbonyl (C=O) groups is 1. The van der Waals surface area contributed by atoms with Crippen LogP contribution in [0.15, 0.2) is 30.3 Å². The Balaban J connectivity index is 1.34. The van der Waals surface area contributed by atoms with E-state index in [1.54, 1.807) is 0 Å². The second-order valence-corrected chi connectivity index (χ2v) is 7.30. The third-order valence-electron chi connectivity index (χ3n) is 4.40. The Morgan fingerprint density at radius 3 is 3.08 bits per heavy atom.